The number of benzene rings is 1. The third-order valence-corrected chi connectivity index (χ3v) is 5.22. The van der Waals surface area contributed by atoms with Crippen LogP contribution in [0.15, 0.2) is 24.4 Å². The van der Waals surface area contributed by atoms with Gasteiger partial charge in [-0.05, 0) is 36.5 Å². The molecule has 2 N–H and O–H groups in total. The minimum Gasteiger partial charge on any atom is -0.497 e. The predicted octanol–water partition coefficient (Wildman–Crippen LogP) is 2.84. The van der Waals surface area contributed by atoms with Crippen molar-refractivity contribution in [3.8, 4) is 5.75 Å². The Bertz CT molecular complexity index is 849. The van der Waals surface area contributed by atoms with Crippen LogP contribution in [0.5, 0.6) is 5.75 Å². The van der Waals surface area contributed by atoms with E-state index in [2.05, 4.69) is 13.8 Å². The van der Waals surface area contributed by atoms with Gasteiger partial charge in [-0.25, -0.2) is 0 Å². The summed E-state index contributed by atoms with van der Waals surface area (Å²) in [5.74, 6) is -0.453. The number of likely N-dealkylation sites (tertiary alicyclic amines) is 1. The van der Waals surface area contributed by atoms with Gasteiger partial charge in [-0.15, -0.1) is 0 Å². The molecule has 7 nitrogen and oxygen atoms in total. The van der Waals surface area contributed by atoms with E-state index in [1.54, 1.807) is 36.1 Å². The lowest BCUT2D eigenvalue weighted by Gasteiger charge is -2.38. The van der Waals surface area contributed by atoms with Crippen LogP contribution in [0.2, 0.25) is 0 Å². The first-order chi connectivity index (χ1) is 12.8. The monoisotopic (exact) mass is 374 g/mol. The van der Waals surface area contributed by atoms with Crippen LogP contribution in [0.1, 0.15) is 31.9 Å². The van der Waals surface area contributed by atoms with Crippen LogP contribution in [-0.4, -0.2) is 51.8 Å². The number of nitrogens with zero attached hydrogens (tertiary/aromatic N) is 2. The molecule has 0 saturated carbocycles. The first-order valence-corrected chi connectivity index (χ1v) is 9.15. The van der Waals surface area contributed by atoms with E-state index in [4.69, 9.17) is 4.74 Å². The number of hydrogen-bond donors (Lipinski definition) is 2. The van der Waals surface area contributed by atoms with E-state index in [-0.39, 0.29) is 6.54 Å². The number of hydrogen-bond acceptors (Lipinski definition) is 4. The second-order valence-corrected chi connectivity index (χ2v) is 7.63. The molecule has 0 radical (unpaired) electrons. The van der Waals surface area contributed by atoms with Gasteiger partial charge in [-0.1, -0.05) is 13.8 Å². The summed E-state index contributed by atoms with van der Waals surface area (Å²) in [7, 11) is 1.55. The van der Waals surface area contributed by atoms with Crippen molar-refractivity contribution in [1.29, 1.82) is 0 Å². The van der Waals surface area contributed by atoms with Crippen LogP contribution >= 0.6 is 0 Å². The molecular formula is C20H26N2O5. The summed E-state index contributed by atoms with van der Waals surface area (Å²) in [6, 6.07) is 4.50. The number of methoxy groups -OCH3 is 1. The third kappa shape index (κ3) is 3.93. The molecule has 0 bridgehead atoms. The summed E-state index contributed by atoms with van der Waals surface area (Å²) in [6.07, 6.45) is 2.75. The number of piperidine rings is 1. The minimum absolute atomic E-state index is 0.220. The Balaban J connectivity index is 2.13. The molecular weight excluding hydrogens is 348 g/mol. The second-order valence-electron chi connectivity index (χ2n) is 7.63. The van der Waals surface area contributed by atoms with E-state index in [0.717, 1.165) is 6.42 Å². The first-order valence-electron chi connectivity index (χ1n) is 9.15. The number of carboxylic acid groups (broad SMARTS) is 2. The van der Waals surface area contributed by atoms with E-state index < -0.39 is 18.0 Å². The Morgan fingerprint density at radius 3 is 2.44 bits per heavy atom. The average molecular weight is 374 g/mol. The maximum atomic E-state index is 12.2. The van der Waals surface area contributed by atoms with Crippen LogP contribution in [0.4, 0.5) is 0 Å². The summed E-state index contributed by atoms with van der Waals surface area (Å²) in [6.45, 7) is 5.46. The van der Waals surface area contributed by atoms with Crippen LogP contribution in [0.25, 0.3) is 10.9 Å². The van der Waals surface area contributed by atoms with Crippen LogP contribution in [0.3, 0.4) is 0 Å². The van der Waals surface area contributed by atoms with Crippen molar-refractivity contribution in [2.45, 2.75) is 32.9 Å². The number of rotatable bonds is 6. The number of carboxylic acids is 2. The Labute approximate surface area is 158 Å². The molecule has 0 spiro atoms. The summed E-state index contributed by atoms with van der Waals surface area (Å²) < 4.78 is 6.90. The molecule has 27 heavy (non-hydrogen) atoms. The average Bonchev–Trinajstić information content (AvgIpc) is 2.90. The highest BCUT2D eigenvalue weighted by molar-refractivity contribution is 5.91. The summed E-state index contributed by atoms with van der Waals surface area (Å²) >= 11 is 0. The SMILES string of the molecule is COc1ccc2c(c1)c([C@H](C(=O)O)N1C[C@H](C)C[C@H](C)C1)cn2CC(=O)O. The molecule has 2 aromatic rings. The topological polar surface area (TPSA) is 92.0 Å². The van der Waals surface area contributed by atoms with Gasteiger partial charge in [0.2, 0.25) is 0 Å². The minimum atomic E-state index is -0.971. The molecule has 146 valence electrons. The lowest BCUT2D eigenvalue weighted by molar-refractivity contribution is -0.144. The fourth-order valence-corrected chi connectivity index (χ4v) is 4.33. The quantitative estimate of drug-likeness (QED) is 0.808. The Morgan fingerprint density at radius 1 is 1.22 bits per heavy atom. The smallest absolute Gasteiger partial charge is 0.325 e. The molecule has 0 aliphatic carbocycles. The molecule has 3 rings (SSSR count). The van der Waals surface area contributed by atoms with Gasteiger partial charge in [-0.3, -0.25) is 14.5 Å². The van der Waals surface area contributed by atoms with Crippen molar-refractivity contribution in [1.82, 2.24) is 9.47 Å². The highest BCUT2D eigenvalue weighted by Crippen LogP contribution is 2.35. The third-order valence-electron chi connectivity index (χ3n) is 5.22. The van der Waals surface area contributed by atoms with Gasteiger partial charge in [0.05, 0.1) is 7.11 Å². The van der Waals surface area contributed by atoms with Crippen LogP contribution in [-0.2, 0) is 16.1 Å². The zero-order valence-electron chi connectivity index (χ0n) is 15.9. The molecule has 0 amide bonds. The van der Waals surface area contributed by atoms with Gasteiger partial charge in [0, 0.05) is 35.8 Å². The van der Waals surface area contributed by atoms with E-state index in [9.17, 15) is 19.8 Å². The normalized spacial score (nSPS) is 21.9. The van der Waals surface area contributed by atoms with Gasteiger partial charge < -0.3 is 19.5 Å². The molecule has 7 heteroatoms. The number of aliphatic carboxylic acids is 2. The molecule has 0 unspecified atom stereocenters. The molecule has 1 saturated heterocycles. The van der Waals surface area contributed by atoms with Crippen molar-refractivity contribution in [2.24, 2.45) is 11.8 Å². The lowest BCUT2D eigenvalue weighted by Crippen LogP contribution is -2.43. The van der Waals surface area contributed by atoms with Gasteiger partial charge in [0.25, 0.3) is 0 Å². The maximum Gasteiger partial charge on any atom is 0.325 e. The number of fused-ring (bicyclic) bond motifs is 1. The van der Waals surface area contributed by atoms with Crippen molar-refractivity contribution in [3.63, 3.8) is 0 Å². The maximum absolute atomic E-state index is 12.2. The van der Waals surface area contributed by atoms with Gasteiger partial charge in [-0.2, -0.15) is 0 Å². The van der Waals surface area contributed by atoms with Gasteiger partial charge >= 0.3 is 11.9 Å². The predicted molar refractivity (Wildman–Crippen MR) is 101 cm³/mol. The number of aromatic nitrogens is 1. The van der Waals surface area contributed by atoms with Crippen molar-refractivity contribution >= 4 is 22.8 Å². The zero-order valence-corrected chi connectivity index (χ0v) is 15.9. The summed E-state index contributed by atoms with van der Waals surface area (Å²) in [5, 5.41) is 20.0. The number of ether oxygens (including phenoxy) is 1. The van der Waals surface area contributed by atoms with Crippen molar-refractivity contribution in [2.75, 3.05) is 20.2 Å². The van der Waals surface area contributed by atoms with E-state index in [1.165, 1.54) is 0 Å². The molecule has 1 aromatic heterocycles. The zero-order chi connectivity index (χ0) is 19.7. The van der Waals surface area contributed by atoms with Crippen LogP contribution in [0, 0.1) is 11.8 Å². The fourth-order valence-electron chi connectivity index (χ4n) is 4.33. The molecule has 1 aliphatic heterocycles. The van der Waals surface area contributed by atoms with Crippen molar-refractivity contribution < 1.29 is 24.5 Å². The molecule has 1 fully saturated rings. The lowest BCUT2D eigenvalue weighted by atomic mass is 9.89. The first kappa shape index (κ1) is 19.2. The molecule has 2 heterocycles. The van der Waals surface area contributed by atoms with Crippen molar-refractivity contribution in [3.05, 3.63) is 30.0 Å². The molecule has 3 atom stereocenters. The highest BCUT2D eigenvalue weighted by atomic mass is 16.5. The fraction of sp³-hybridized carbons (Fsp3) is 0.500. The highest BCUT2D eigenvalue weighted by Gasteiger charge is 2.35. The van der Waals surface area contributed by atoms with E-state index >= 15 is 0 Å². The van der Waals surface area contributed by atoms with Crippen LogP contribution < -0.4 is 4.74 Å². The summed E-state index contributed by atoms with van der Waals surface area (Å²) in [5.41, 5.74) is 1.30. The molecule has 1 aliphatic rings. The Kier molecular flexibility index (Phi) is 5.41. The van der Waals surface area contributed by atoms with Gasteiger partial charge in [0.1, 0.15) is 18.3 Å². The summed E-state index contributed by atoms with van der Waals surface area (Å²) in [4.78, 5) is 25.5. The Morgan fingerprint density at radius 2 is 1.89 bits per heavy atom. The van der Waals surface area contributed by atoms with Gasteiger partial charge in [0.15, 0.2) is 0 Å². The largest absolute Gasteiger partial charge is 0.497 e. The number of carbonyl (C=O) groups is 2. The Hall–Kier alpha value is -2.54. The van der Waals surface area contributed by atoms with E-state index in [0.29, 0.717) is 47.1 Å². The second kappa shape index (κ2) is 7.60. The van der Waals surface area contributed by atoms with E-state index in [1.807, 2.05) is 4.90 Å². The standard InChI is InChI=1S/C20H26N2O5/c1-12-6-13(2)9-22(8-12)19(20(25)26)16-10-21(11-18(23)24)17-5-4-14(27-3)7-15(16)17/h4-5,7,10,12-13,19H,6,8-9,11H2,1-3H3,(H,23,24)(H,25,26)/t12-,13+,19-/m1/s1. The molecule has 1 aromatic carbocycles.